The van der Waals surface area contributed by atoms with Crippen molar-refractivity contribution in [1.29, 1.82) is 0 Å². The van der Waals surface area contributed by atoms with Gasteiger partial charge in [0.05, 0.1) is 9.83 Å². The molecule has 1 aromatic carbocycles. The lowest BCUT2D eigenvalue weighted by Gasteiger charge is -2.14. The molecular formula is C13H14ClN3O3S. The summed E-state index contributed by atoms with van der Waals surface area (Å²) in [7, 11) is 0. The Morgan fingerprint density at radius 1 is 1.57 bits per heavy atom. The molecule has 0 saturated heterocycles. The van der Waals surface area contributed by atoms with Crippen LogP contribution in [0.3, 0.4) is 0 Å². The molecule has 0 fully saturated rings. The summed E-state index contributed by atoms with van der Waals surface area (Å²) in [5.74, 6) is -0.224. The maximum absolute atomic E-state index is 12.5. The minimum Gasteiger partial charge on any atom is -0.288 e. The van der Waals surface area contributed by atoms with Gasteiger partial charge in [0.25, 0.3) is 5.69 Å². The first-order valence-corrected chi connectivity index (χ1v) is 7.46. The number of hydrazine groups is 1. The SMILES string of the molecule is CCNN1CC(C)=C(C(=O)c2ccc(Cl)c([N+](=O)[O-])c2)S1. The number of hydrogen-bond donors (Lipinski definition) is 1. The Balaban J connectivity index is 2.27. The van der Waals surface area contributed by atoms with E-state index in [1.165, 1.54) is 30.1 Å². The molecule has 0 radical (unpaired) electrons. The van der Waals surface area contributed by atoms with Crippen molar-refractivity contribution < 1.29 is 9.72 Å². The van der Waals surface area contributed by atoms with Crippen LogP contribution in [-0.2, 0) is 0 Å². The van der Waals surface area contributed by atoms with Crippen LogP contribution in [0.4, 0.5) is 5.69 Å². The molecule has 1 aliphatic heterocycles. The van der Waals surface area contributed by atoms with Crippen molar-refractivity contribution in [1.82, 2.24) is 9.84 Å². The zero-order valence-electron chi connectivity index (χ0n) is 11.6. The Kier molecular flexibility index (Phi) is 5.00. The van der Waals surface area contributed by atoms with E-state index in [1.807, 2.05) is 18.3 Å². The minimum atomic E-state index is -0.590. The van der Waals surface area contributed by atoms with Crippen molar-refractivity contribution >= 4 is 35.0 Å². The maximum atomic E-state index is 12.5. The zero-order chi connectivity index (χ0) is 15.6. The predicted molar refractivity (Wildman–Crippen MR) is 83.1 cm³/mol. The number of nitrogens with one attached hydrogen (secondary N) is 1. The van der Waals surface area contributed by atoms with Gasteiger partial charge in [-0.2, -0.15) is 4.41 Å². The van der Waals surface area contributed by atoms with Crippen LogP contribution in [-0.4, -0.2) is 28.2 Å². The zero-order valence-corrected chi connectivity index (χ0v) is 13.1. The molecule has 1 heterocycles. The Morgan fingerprint density at radius 3 is 2.90 bits per heavy atom. The van der Waals surface area contributed by atoms with E-state index >= 15 is 0 Å². The lowest BCUT2D eigenvalue weighted by molar-refractivity contribution is -0.384. The second kappa shape index (κ2) is 6.57. The summed E-state index contributed by atoms with van der Waals surface area (Å²) in [5.41, 5.74) is 4.07. The van der Waals surface area contributed by atoms with E-state index in [1.54, 1.807) is 0 Å². The van der Waals surface area contributed by atoms with Crippen molar-refractivity contribution in [3.63, 3.8) is 0 Å². The lowest BCUT2D eigenvalue weighted by Crippen LogP contribution is -2.30. The summed E-state index contributed by atoms with van der Waals surface area (Å²) >= 11 is 7.07. The third-order valence-corrected chi connectivity index (χ3v) is 4.43. The first kappa shape index (κ1) is 16.0. The van der Waals surface area contributed by atoms with Crippen LogP contribution in [0.15, 0.2) is 28.7 Å². The smallest absolute Gasteiger partial charge is 0.288 e. The number of rotatable bonds is 5. The summed E-state index contributed by atoms with van der Waals surface area (Å²) in [5, 5.41) is 10.9. The van der Waals surface area contributed by atoms with Gasteiger partial charge in [-0.1, -0.05) is 18.5 Å². The van der Waals surface area contributed by atoms with Gasteiger partial charge in [0.15, 0.2) is 0 Å². The van der Waals surface area contributed by atoms with Crippen LogP contribution in [0, 0.1) is 10.1 Å². The molecule has 6 nitrogen and oxygen atoms in total. The highest BCUT2D eigenvalue weighted by molar-refractivity contribution is 8.02. The number of nitro benzene ring substituents is 1. The average molecular weight is 328 g/mol. The number of nitro groups is 1. The number of carbonyl (C=O) groups excluding carboxylic acids is 1. The fourth-order valence-electron chi connectivity index (χ4n) is 1.93. The number of ketones is 1. The van der Waals surface area contributed by atoms with E-state index < -0.39 is 4.92 Å². The van der Waals surface area contributed by atoms with Crippen LogP contribution in [0.25, 0.3) is 0 Å². The fourth-order valence-corrected chi connectivity index (χ4v) is 3.21. The monoisotopic (exact) mass is 327 g/mol. The molecule has 0 atom stereocenters. The Labute approximate surface area is 131 Å². The van der Waals surface area contributed by atoms with Gasteiger partial charge in [-0.15, -0.1) is 0 Å². The normalized spacial score (nSPS) is 15.6. The minimum absolute atomic E-state index is 0.0237. The van der Waals surface area contributed by atoms with Gasteiger partial charge in [0.1, 0.15) is 5.02 Å². The van der Waals surface area contributed by atoms with Gasteiger partial charge in [-0.3, -0.25) is 14.9 Å². The molecule has 0 aliphatic carbocycles. The summed E-state index contributed by atoms with van der Waals surface area (Å²) in [6, 6.07) is 4.11. The van der Waals surface area contributed by atoms with Gasteiger partial charge in [-0.25, -0.2) is 5.43 Å². The molecule has 1 aliphatic rings. The lowest BCUT2D eigenvalue weighted by atomic mass is 10.1. The first-order valence-electron chi connectivity index (χ1n) is 6.31. The van der Waals surface area contributed by atoms with Crippen molar-refractivity contribution in [2.24, 2.45) is 0 Å². The summed E-state index contributed by atoms with van der Waals surface area (Å²) in [6.07, 6.45) is 0. The van der Waals surface area contributed by atoms with Crippen LogP contribution in [0.2, 0.25) is 5.02 Å². The van der Waals surface area contributed by atoms with Crippen molar-refractivity contribution in [3.05, 3.63) is 49.4 Å². The highest BCUT2D eigenvalue weighted by atomic mass is 35.5. The van der Waals surface area contributed by atoms with Gasteiger partial charge in [0.2, 0.25) is 5.78 Å². The molecule has 1 N–H and O–H groups in total. The molecule has 8 heteroatoms. The van der Waals surface area contributed by atoms with Gasteiger partial charge >= 0.3 is 0 Å². The molecule has 21 heavy (non-hydrogen) atoms. The van der Waals surface area contributed by atoms with E-state index in [-0.39, 0.29) is 22.1 Å². The topological polar surface area (TPSA) is 75.5 Å². The van der Waals surface area contributed by atoms with Crippen LogP contribution < -0.4 is 5.43 Å². The third kappa shape index (κ3) is 3.44. The molecule has 0 spiro atoms. The number of Topliss-reactive ketones (excluding diaryl/α,β-unsaturated/α-hetero) is 1. The van der Waals surface area contributed by atoms with Gasteiger partial charge in [0, 0.05) is 24.7 Å². The van der Waals surface area contributed by atoms with Crippen molar-refractivity contribution in [2.75, 3.05) is 13.1 Å². The molecule has 0 aromatic heterocycles. The van der Waals surface area contributed by atoms with Crippen molar-refractivity contribution in [2.45, 2.75) is 13.8 Å². The predicted octanol–water partition coefficient (Wildman–Crippen LogP) is 3.19. The van der Waals surface area contributed by atoms with Gasteiger partial charge in [-0.05, 0) is 36.6 Å². The molecule has 0 bridgehead atoms. The van der Waals surface area contributed by atoms with E-state index in [4.69, 9.17) is 11.6 Å². The number of benzene rings is 1. The summed E-state index contributed by atoms with van der Waals surface area (Å²) < 4.78 is 1.87. The van der Waals surface area contributed by atoms with Crippen molar-refractivity contribution in [3.8, 4) is 0 Å². The molecule has 0 amide bonds. The van der Waals surface area contributed by atoms with Gasteiger partial charge < -0.3 is 0 Å². The van der Waals surface area contributed by atoms with E-state index in [2.05, 4.69) is 5.43 Å². The number of carbonyl (C=O) groups is 1. The van der Waals surface area contributed by atoms with E-state index in [9.17, 15) is 14.9 Å². The number of allylic oxidation sites excluding steroid dienone is 1. The standard InChI is InChI=1S/C13H14ClN3O3S/c1-3-15-16-7-8(2)13(21-16)12(18)9-4-5-10(14)11(6-9)17(19)20/h4-6,15H,3,7H2,1-2H3. The quantitative estimate of drug-likeness (QED) is 0.387. The first-order chi connectivity index (χ1) is 9.93. The fraction of sp³-hybridized carbons (Fsp3) is 0.308. The molecule has 1 aromatic rings. The summed E-state index contributed by atoms with van der Waals surface area (Å²) in [4.78, 5) is 23.4. The van der Waals surface area contributed by atoms with E-state index in [0.717, 1.165) is 12.1 Å². The second-order valence-corrected chi connectivity index (χ2v) is 5.94. The number of hydrogen-bond acceptors (Lipinski definition) is 6. The third-order valence-electron chi connectivity index (χ3n) is 2.92. The summed E-state index contributed by atoms with van der Waals surface area (Å²) in [6.45, 7) is 5.24. The Hall–Kier alpha value is -1.41. The molecule has 0 saturated carbocycles. The molecule has 0 unspecified atom stereocenters. The second-order valence-electron chi connectivity index (χ2n) is 4.50. The average Bonchev–Trinajstić information content (AvgIpc) is 2.79. The van der Waals surface area contributed by atoms with Crippen LogP contribution in [0.1, 0.15) is 24.2 Å². The number of halogens is 1. The largest absolute Gasteiger partial charge is 0.288 e. The number of nitrogens with zero attached hydrogens (tertiary/aromatic N) is 2. The van der Waals surface area contributed by atoms with E-state index in [0.29, 0.717) is 11.4 Å². The highest BCUT2D eigenvalue weighted by Gasteiger charge is 2.27. The maximum Gasteiger partial charge on any atom is 0.288 e. The highest BCUT2D eigenvalue weighted by Crippen LogP contribution is 2.35. The molecule has 112 valence electrons. The molecule has 2 rings (SSSR count). The Morgan fingerprint density at radius 2 is 2.29 bits per heavy atom. The Bertz CT molecular complexity index is 633. The molecular weight excluding hydrogens is 314 g/mol. The van der Waals surface area contributed by atoms with Crippen LogP contribution in [0.5, 0.6) is 0 Å². The van der Waals surface area contributed by atoms with Crippen LogP contribution >= 0.6 is 23.5 Å².